The molecule has 5 nitrogen and oxygen atoms in total. The van der Waals surface area contributed by atoms with Crippen molar-refractivity contribution >= 4 is 22.6 Å². The van der Waals surface area contributed by atoms with E-state index in [9.17, 15) is 4.79 Å². The number of rotatable bonds is 2. The zero-order valence-corrected chi connectivity index (χ0v) is 20.6. The van der Waals surface area contributed by atoms with Crippen LogP contribution in [-0.2, 0) is 11.3 Å². The Balaban J connectivity index is 1.65. The molecule has 0 spiro atoms. The minimum atomic E-state index is -0.278. The summed E-state index contributed by atoms with van der Waals surface area (Å²) in [7, 11) is 1.45. The van der Waals surface area contributed by atoms with Gasteiger partial charge in [0, 0.05) is 47.6 Å². The Morgan fingerprint density at radius 3 is 2.65 bits per heavy atom. The largest absolute Gasteiger partial charge is 0.465 e. The highest BCUT2D eigenvalue weighted by Gasteiger charge is 2.40. The summed E-state index contributed by atoms with van der Waals surface area (Å²) in [4.78, 5) is 15.0. The van der Waals surface area contributed by atoms with E-state index in [1.807, 2.05) is 12.1 Å². The normalized spacial score (nSPS) is 21.6. The SMILES string of the molecule is COC(=O)c1ccc2c(C3CCCCC3)c3n(c2c1)CCN1CC(C)(C)C(N)c2cccc-3c21. The van der Waals surface area contributed by atoms with Crippen LogP contribution in [0, 0.1) is 5.41 Å². The van der Waals surface area contributed by atoms with Gasteiger partial charge in [-0.2, -0.15) is 0 Å². The van der Waals surface area contributed by atoms with Crippen LogP contribution in [-0.4, -0.2) is 30.7 Å². The molecule has 1 aromatic heterocycles. The Bertz CT molecular complexity index is 1280. The van der Waals surface area contributed by atoms with Crippen molar-refractivity contribution in [3.8, 4) is 11.3 Å². The molecular weight excluding hydrogens is 422 g/mol. The van der Waals surface area contributed by atoms with Crippen molar-refractivity contribution in [3.05, 3.63) is 53.1 Å². The number of nitrogens with zero attached hydrogens (tertiary/aromatic N) is 2. The maximum atomic E-state index is 12.4. The smallest absolute Gasteiger partial charge is 0.337 e. The first kappa shape index (κ1) is 21.7. The molecule has 2 aromatic carbocycles. The van der Waals surface area contributed by atoms with E-state index in [2.05, 4.69) is 47.6 Å². The molecule has 2 aliphatic heterocycles. The lowest BCUT2D eigenvalue weighted by Gasteiger charge is -2.45. The lowest BCUT2D eigenvalue weighted by molar-refractivity contribution is 0.0601. The summed E-state index contributed by atoms with van der Waals surface area (Å²) in [6, 6.07) is 12.9. The van der Waals surface area contributed by atoms with Gasteiger partial charge in [0.2, 0.25) is 0 Å². The van der Waals surface area contributed by atoms with Crippen LogP contribution < -0.4 is 10.6 Å². The Labute approximate surface area is 201 Å². The number of benzene rings is 2. The molecule has 0 bridgehead atoms. The third-order valence-corrected chi connectivity index (χ3v) is 8.55. The number of esters is 1. The molecule has 3 heterocycles. The molecule has 1 fully saturated rings. The van der Waals surface area contributed by atoms with Crippen LogP contribution in [0.2, 0.25) is 0 Å². The van der Waals surface area contributed by atoms with E-state index < -0.39 is 0 Å². The van der Waals surface area contributed by atoms with Gasteiger partial charge < -0.3 is 19.9 Å². The van der Waals surface area contributed by atoms with Crippen molar-refractivity contribution in [3.63, 3.8) is 0 Å². The molecule has 178 valence electrons. The van der Waals surface area contributed by atoms with Crippen molar-refractivity contribution in [1.29, 1.82) is 0 Å². The first-order valence-electron chi connectivity index (χ1n) is 12.8. The number of nitrogens with two attached hydrogens (primary N) is 1. The Hall–Kier alpha value is -2.79. The lowest BCUT2D eigenvalue weighted by Crippen LogP contribution is -2.46. The van der Waals surface area contributed by atoms with Crippen LogP contribution >= 0.6 is 0 Å². The van der Waals surface area contributed by atoms with Crippen molar-refractivity contribution in [2.75, 3.05) is 25.1 Å². The van der Waals surface area contributed by atoms with Crippen LogP contribution in [0.5, 0.6) is 0 Å². The number of anilines is 1. The topological polar surface area (TPSA) is 60.5 Å². The first-order chi connectivity index (χ1) is 16.4. The van der Waals surface area contributed by atoms with Gasteiger partial charge >= 0.3 is 5.97 Å². The molecule has 0 radical (unpaired) electrons. The number of aromatic nitrogens is 1. The molecule has 3 aromatic rings. The molecule has 5 heteroatoms. The standard InChI is InChI=1S/C29H35N3O2/c1-29(2)17-31-14-15-32-23-16-19(28(33)34-3)12-13-20(23)24(18-8-5-4-6-9-18)26(32)21-10-7-11-22(25(21)31)27(29)30/h7,10-13,16,18,27H,4-6,8-9,14-15,17,30H2,1-3H3. The molecule has 6 rings (SSSR count). The van der Waals surface area contributed by atoms with Gasteiger partial charge in [-0.1, -0.05) is 57.4 Å². The summed E-state index contributed by atoms with van der Waals surface area (Å²) < 4.78 is 7.54. The zero-order chi connectivity index (χ0) is 23.6. The van der Waals surface area contributed by atoms with Gasteiger partial charge in [0.1, 0.15) is 0 Å². The predicted octanol–water partition coefficient (Wildman–Crippen LogP) is 6.00. The molecule has 0 saturated heterocycles. The second kappa shape index (κ2) is 7.88. The summed E-state index contributed by atoms with van der Waals surface area (Å²) in [5.41, 5.74) is 15.3. The average Bonchev–Trinajstić information content (AvgIpc) is 3.09. The first-order valence-corrected chi connectivity index (χ1v) is 12.8. The summed E-state index contributed by atoms with van der Waals surface area (Å²) in [6.45, 7) is 7.34. The molecule has 3 aliphatic rings. The quantitative estimate of drug-likeness (QED) is 0.479. The third-order valence-electron chi connectivity index (χ3n) is 8.55. The van der Waals surface area contributed by atoms with Crippen molar-refractivity contribution in [2.24, 2.45) is 11.1 Å². The van der Waals surface area contributed by atoms with Crippen molar-refractivity contribution < 1.29 is 9.53 Å². The number of fused-ring (bicyclic) bond motifs is 4. The van der Waals surface area contributed by atoms with Gasteiger partial charge in [0.05, 0.1) is 24.1 Å². The number of carbonyl (C=O) groups excluding carboxylic acids is 1. The number of ether oxygens (including phenoxy) is 1. The lowest BCUT2D eigenvalue weighted by atomic mass is 9.75. The van der Waals surface area contributed by atoms with Crippen LogP contribution in [0.1, 0.15) is 79.4 Å². The van der Waals surface area contributed by atoms with Gasteiger partial charge in [-0.25, -0.2) is 4.79 Å². The van der Waals surface area contributed by atoms with E-state index in [-0.39, 0.29) is 17.4 Å². The van der Waals surface area contributed by atoms with E-state index in [1.54, 1.807) is 0 Å². The van der Waals surface area contributed by atoms with E-state index >= 15 is 0 Å². The Morgan fingerprint density at radius 1 is 1.09 bits per heavy atom. The van der Waals surface area contributed by atoms with E-state index in [1.165, 1.54) is 72.7 Å². The second-order valence-electron chi connectivity index (χ2n) is 11.1. The van der Waals surface area contributed by atoms with Gasteiger partial charge in [-0.05, 0) is 42.0 Å². The van der Waals surface area contributed by atoms with Crippen molar-refractivity contribution in [1.82, 2.24) is 4.57 Å². The molecule has 2 N–H and O–H groups in total. The molecule has 0 amide bonds. The van der Waals surface area contributed by atoms with Crippen LogP contribution in [0.15, 0.2) is 36.4 Å². The summed E-state index contributed by atoms with van der Waals surface area (Å²) in [5.74, 6) is 0.271. The number of para-hydroxylation sites is 1. The molecule has 1 unspecified atom stereocenters. The summed E-state index contributed by atoms with van der Waals surface area (Å²) >= 11 is 0. The number of hydrogen-bond acceptors (Lipinski definition) is 4. The van der Waals surface area contributed by atoms with Gasteiger partial charge in [-0.15, -0.1) is 0 Å². The fourth-order valence-electron chi connectivity index (χ4n) is 6.81. The highest BCUT2D eigenvalue weighted by Crippen LogP contribution is 2.52. The number of hydrogen-bond donors (Lipinski definition) is 1. The maximum absolute atomic E-state index is 12.4. The minimum absolute atomic E-state index is 0.0109. The highest BCUT2D eigenvalue weighted by atomic mass is 16.5. The fourth-order valence-corrected chi connectivity index (χ4v) is 6.81. The Morgan fingerprint density at radius 2 is 1.88 bits per heavy atom. The average molecular weight is 458 g/mol. The minimum Gasteiger partial charge on any atom is -0.465 e. The third kappa shape index (κ3) is 3.13. The van der Waals surface area contributed by atoms with E-state index in [4.69, 9.17) is 10.5 Å². The molecule has 34 heavy (non-hydrogen) atoms. The van der Waals surface area contributed by atoms with Crippen LogP contribution in [0.4, 0.5) is 5.69 Å². The van der Waals surface area contributed by atoms with Gasteiger partial charge in [-0.3, -0.25) is 0 Å². The predicted molar refractivity (Wildman–Crippen MR) is 137 cm³/mol. The molecule has 1 saturated carbocycles. The highest BCUT2D eigenvalue weighted by molar-refractivity contribution is 6.00. The maximum Gasteiger partial charge on any atom is 0.337 e. The molecule has 1 aliphatic carbocycles. The van der Waals surface area contributed by atoms with E-state index in [0.29, 0.717) is 11.5 Å². The zero-order valence-electron chi connectivity index (χ0n) is 20.6. The Kier molecular flexibility index (Phi) is 5.03. The second-order valence-corrected chi connectivity index (χ2v) is 11.1. The summed E-state index contributed by atoms with van der Waals surface area (Å²) in [6.07, 6.45) is 6.37. The van der Waals surface area contributed by atoms with E-state index in [0.717, 1.165) is 25.2 Å². The fraction of sp³-hybridized carbons (Fsp3) is 0.483. The van der Waals surface area contributed by atoms with Gasteiger partial charge in [0.15, 0.2) is 0 Å². The van der Waals surface area contributed by atoms with Gasteiger partial charge in [0.25, 0.3) is 0 Å². The van der Waals surface area contributed by atoms with Crippen molar-refractivity contribution in [2.45, 2.75) is 64.5 Å². The molecule has 1 atom stereocenters. The number of methoxy groups -OCH3 is 1. The molecular formula is C29H35N3O2. The van der Waals surface area contributed by atoms with Crippen LogP contribution in [0.25, 0.3) is 22.2 Å². The monoisotopic (exact) mass is 457 g/mol. The van der Waals surface area contributed by atoms with Crippen LogP contribution in [0.3, 0.4) is 0 Å². The summed E-state index contributed by atoms with van der Waals surface area (Å²) in [5, 5.41) is 1.29. The number of carbonyl (C=O) groups is 1.